The monoisotopic (exact) mass is 457 g/mol. The molecule has 3 aromatic rings. The average Bonchev–Trinajstić information content (AvgIpc) is 3.22. The number of methoxy groups -OCH3 is 1. The van der Waals surface area contributed by atoms with E-state index in [1.54, 1.807) is 12.0 Å². The summed E-state index contributed by atoms with van der Waals surface area (Å²) in [7, 11) is 1.60. The van der Waals surface area contributed by atoms with Crippen LogP contribution in [0.4, 0.5) is 22.7 Å². The van der Waals surface area contributed by atoms with E-state index in [1.165, 1.54) is 5.56 Å². The Balaban J connectivity index is 1.40. The molecule has 0 bridgehead atoms. The second-order valence-corrected chi connectivity index (χ2v) is 8.99. The lowest BCUT2D eigenvalue weighted by Gasteiger charge is -2.20. The van der Waals surface area contributed by atoms with E-state index < -0.39 is 5.92 Å². The number of hydrogen-bond acceptors (Lipinski definition) is 4. The van der Waals surface area contributed by atoms with Gasteiger partial charge in [0.25, 0.3) is 0 Å². The van der Waals surface area contributed by atoms with Crippen LogP contribution in [0.1, 0.15) is 37.3 Å². The molecule has 0 spiro atoms. The van der Waals surface area contributed by atoms with Crippen molar-refractivity contribution >= 4 is 34.6 Å². The standard InChI is InChI=1S/C28H31N3O3/c1-18(2)24-7-5-6-8-25(24)29-21-10-12-22(13-11-21)30-28(33)20-15-27(32)31(17-20)26-16-23(34-4)14-9-19(26)3/h5-14,16,18,20,29H,15,17H2,1-4H3,(H,30,33). The predicted molar refractivity (Wildman–Crippen MR) is 137 cm³/mol. The molecule has 3 aromatic carbocycles. The summed E-state index contributed by atoms with van der Waals surface area (Å²) in [5.74, 6) is 0.485. The van der Waals surface area contributed by atoms with Crippen molar-refractivity contribution in [2.75, 3.05) is 29.2 Å². The van der Waals surface area contributed by atoms with Gasteiger partial charge < -0.3 is 20.3 Å². The van der Waals surface area contributed by atoms with Gasteiger partial charge in [-0.15, -0.1) is 0 Å². The summed E-state index contributed by atoms with van der Waals surface area (Å²) in [6.45, 7) is 6.64. The number of nitrogens with one attached hydrogen (secondary N) is 2. The first-order chi connectivity index (χ1) is 16.4. The molecule has 6 heteroatoms. The summed E-state index contributed by atoms with van der Waals surface area (Å²) >= 11 is 0. The zero-order valence-corrected chi connectivity index (χ0v) is 20.1. The van der Waals surface area contributed by atoms with Gasteiger partial charge in [-0.05, 0) is 60.4 Å². The summed E-state index contributed by atoms with van der Waals surface area (Å²) < 4.78 is 5.30. The summed E-state index contributed by atoms with van der Waals surface area (Å²) in [6, 6.07) is 21.5. The zero-order valence-electron chi connectivity index (χ0n) is 20.1. The molecule has 2 N–H and O–H groups in total. The highest BCUT2D eigenvalue weighted by Gasteiger charge is 2.35. The molecule has 0 aromatic heterocycles. The SMILES string of the molecule is COc1ccc(C)c(N2CC(C(=O)Nc3ccc(Nc4ccccc4C(C)C)cc3)CC2=O)c1. The van der Waals surface area contributed by atoms with E-state index in [2.05, 4.69) is 36.6 Å². The Morgan fingerprint density at radius 3 is 2.44 bits per heavy atom. The molecule has 1 unspecified atom stereocenters. The van der Waals surface area contributed by atoms with Gasteiger partial charge in [0, 0.05) is 36.1 Å². The Morgan fingerprint density at radius 2 is 1.74 bits per heavy atom. The molecule has 0 saturated carbocycles. The highest BCUT2D eigenvalue weighted by atomic mass is 16.5. The number of benzene rings is 3. The van der Waals surface area contributed by atoms with Gasteiger partial charge in [0.1, 0.15) is 5.75 Å². The van der Waals surface area contributed by atoms with Gasteiger partial charge in [-0.25, -0.2) is 0 Å². The van der Waals surface area contributed by atoms with Crippen LogP contribution in [-0.4, -0.2) is 25.5 Å². The molecule has 1 atom stereocenters. The molecule has 1 fully saturated rings. The van der Waals surface area contributed by atoms with Gasteiger partial charge in [0.2, 0.25) is 11.8 Å². The highest BCUT2D eigenvalue weighted by Crippen LogP contribution is 2.32. The van der Waals surface area contributed by atoms with Crippen LogP contribution in [0.15, 0.2) is 66.7 Å². The quantitative estimate of drug-likeness (QED) is 0.466. The van der Waals surface area contributed by atoms with Crippen molar-refractivity contribution in [1.29, 1.82) is 0 Å². The van der Waals surface area contributed by atoms with Crippen LogP contribution in [0.5, 0.6) is 5.75 Å². The fourth-order valence-corrected chi connectivity index (χ4v) is 4.27. The molecule has 0 radical (unpaired) electrons. The van der Waals surface area contributed by atoms with Crippen LogP contribution < -0.4 is 20.3 Å². The minimum absolute atomic E-state index is 0.0557. The molecular formula is C28H31N3O3. The second kappa shape index (κ2) is 10.00. The molecule has 1 aliphatic heterocycles. The number of hydrogen-bond donors (Lipinski definition) is 2. The van der Waals surface area contributed by atoms with E-state index in [9.17, 15) is 9.59 Å². The van der Waals surface area contributed by atoms with Crippen LogP contribution >= 0.6 is 0 Å². The van der Waals surface area contributed by atoms with E-state index in [-0.39, 0.29) is 18.2 Å². The van der Waals surface area contributed by atoms with Crippen molar-refractivity contribution in [2.24, 2.45) is 5.92 Å². The van der Waals surface area contributed by atoms with E-state index in [0.29, 0.717) is 23.9 Å². The maximum absolute atomic E-state index is 12.9. The number of para-hydroxylation sites is 1. The zero-order chi connectivity index (χ0) is 24.2. The van der Waals surface area contributed by atoms with Gasteiger partial charge >= 0.3 is 0 Å². The van der Waals surface area contributed by atoms with Crippen molar-refractivity contribution in [3.05, 3.63) is 77.9 Å². The van der Waals surface area contributed by atoms with E-state index >= 15 is 0 Å². The van der Waals surface area contributed by atoms with Gasteiger partial charge in [-0.3, -0.25) is 9.59 Å². The average molecular weight is 458 g/mol. The van der Waals surface area contributed by atoms with Crippen molar-refractivity contribution in [2.45, 2.75) is 33.1 Å². The molecular weight excluding hydrogens is 426 g/mol. The maximum atomic E-state index is 12.9. The molecule has 0 aliphatic carbocycles. The number of amides is 2. The third kappa shape index (κ3) is 5.06. The Bertz CT molecular complexity index is 1190. The van der Waals surface area contributed by atoms with Crippen molar-refractivity contribution < 1.29 is 14.3 Å². The van der Waals surface area contributed by atoms with Gasteiger partial charge in [0.05, 0.1) is 18.7 Å². The lowest BCUT2D eigenvalue weighted by molar-refractivity contribution is -0.122. The molecule has 1 saturated heterocycles. The molecule has 1 aliphatic rings. The van der Waals surface area contributed by atoms with Crippen LogP contribution in [0.25, 0.3) is 0 Å². The number of anilines is 4. The smallest absolute Gasteiger partial charge is 0.229 e. The fourth-order valence-electron chi connectivity index (χ4n) is 4.27. The number of carbonyl (C=O) groups excluding carboxylic acids is 2. The minimum Gasteiger partial charge on any atom is -0.497 e. The van der Waals surface area contributed by atoms with Crippen LogP contribution in [0.2, 0.25) is 0 Å². The second-order valence-electron chi connectivity index (χ2n) is 8.99. The van der Waals surface area contributed by atoms with E-state index in [1.807, 2.05) is 61.5 Å². The van der Waals surface area contributed by atoms with Crippen molar-refractivity contribution in [3.63, 3.8) is 0 Å². The first-order valence-corrected chi connectivity index (χ1v) is 11.6. The molecule has 34 heavy (non-hydrogen) atoms. The molecule has 4 rings (SSSR count). The maximum Gasteiger partial charge on any atom is 0.229 e. The summed E-state index contributed by atoms with van der Waals surface area (Å²) in [5, 5.41) is 6.42. The van der Waals surface area contributed by atoms with E-state index in [0.717, 1.165) is 22.6 Å². The Hall–Kier alpha value is -3.80. The van der Waals surface area contributed by atoms with Crippen molar-refractivity contribution in [1.82, 2.24) is 0 Å². The number of carbonyl (C=O) groups is 2. The number of ether oxygens (including phenoxy) is 1. The Kier molecular flexibility index (Phi) is 6.87. The molecule has 176 valence electrons. The van der Waals surface area contributed by atoms with Crippen LogP contribution in [0, 0.1) is 12.8 Å². The summed E-state index contributed by atoms with van der Waals surface area (Å²) in [4.78, 5) is 27.3. The van der Waals surface area contributed by atoms with Gasteiger partial charge in [-0.1, -0.05) is 38.1 Å². The third-order valence-corrected chi connectivity index (χ3v) is 6.22. The molecule has 2 amide bonds. The topological polar surface area (TPSA) is 70.7 Å². The van der Waals surface area contributed by atoms with Crippen LogP contribution in [-0.2, 0) is 9.59 Å². The number of aryl methyl sites for hydroxylation is 1. The third-order valence-electron chi connectivity index (χ3n) is 6.22. The Labute approximate surface area is 200 Å². The normalized spacial score (nSPS) is 15.5. The summed E-state index contributed by atoms with van der Waals surface area (Å²) in [6.07, 6.45) is 0.189. The van der Waals surface area contributed by atoms with Gasteiger partial charge in [-0.2, -0.15) is 0 Å². The number of nitrogens with zero attached hydrogens (tertiary/aromatic N) is 1. The predicted octanol–water partition coefficient (Wildman–Crippen LogP) is 5.86. The van der Waals surface area contributed by atoms with Crippen LogP contribution in [0.3, 0.4) is 0 Å². The first-order valence-electron chi connectivity index (χ1n) is 11.6. The Morgan fingerprint density at radius 1 is 1.03 bits per heavy atom. The van der Waals surface area contributed by atoms with Gasteiger partial charge in [0.15, 0.2) is 0 Å². The largest absolute Gasteiger partial charge is 0.497 e. The lowest BCUT2D eigenvalue weighted by atomic mass is 10.0. The minimum atomic E-state index is -0.408. The first kappa shape index (κ1) is 23.4. The molecule has 6 nitrogen and oxygen atoms in total. The van der Waals surface area contributed by atoms with Crippen molar-refractivity contribution in [3.8, 4) is 5.75 Å². The lowest BCUT2D eigenvalue weighted by Crippen LogP contribution is -2.28. The molecule has 1 heterocycles. The number of rotatable bonds is 7. The van der Waals surface area contributed by atoms with E-state index in [4.69, 9.17) is 4.74 Å². The fraction of sp³-hybridized carbons (Fsp3) is 0.286. The summed E-state index contributed by atoms with van der Waals surface area (Å²) in [5.41, 5.74) is 5.74. The highest BCUT2D eigenvalue weighted by molar-refractivity contribution is 6.04.